The van der Waals surface area contributed by atoms with Crippen molar-refractivity contribution in [1.82, 2.24) is 30.2 Å². The number of rotatable bonds is 0. The summed E-state index contributed by atoms with van der Waals surface area (Å²) in [7, 11) is 4.06. The molecule has 10 nitrogen and oxygen atoms in total. The molecule has 3 aromatic rings. The summed E-state index contributed by atoms with van der Waals surface area (Å²) in [6, 6.07) is 6.31. The van der Waals surface area contributed by atoms with Crippen molar-refractivity contribution in [3.63, 3.8) is 0 Å². The number of aromatic nitrogens is 4. The van der Waals surface area contributed by atoms with Gasteiger partial charge in [0.15, 0.2) is 6.10 Å². The molecule has 1 fully saturated rings. The molecule has 0 radical (unpaired) electrons. The standard InChI is InChI=1S/C25H29N8O2/c1-15-17-5-7-21-18-10-16(4-6-20(18)28-29-21)19-11-27-32(3)23(19)14-31(2)8-9-35-25(17)33(30-15)22-12-26-13-24(22)34/h4-7,10-11,24,26,34H,8-9,12-14H2,1-3H3,(H,28,29)/q+1/b7-5+,33-22+/t24-/m0/s1. The van der Waals surface area contributed by atoms with Crippen LogP contribution in [-0.4, -0.2) is 85.5 Å². The number of hydrogen-bond acceptors (Lipinski definition) is 7. The third kappa shape index (κ3) is 3.79. The molecule has 2 aromatic heterocycles. The molecule has 6 rings (SSSR count). The van der Waals surface area contributed by atoms with E-state index in [9.17, 15) is 5.11 Å². The molecule has 1 atom stereocenters. The van der Waals surface area contributed by atoms with Gasteiger partial charge < -0.3 is 15.2 Å². The topological polar surface area (TPSA) is 107 Å². The van der Waals surface area contributed by atoms with Crippen LogP contribution in [0.2, 0.25) is 0 Å². The molecule has 0 aliphatic carbocycles. The maximum absolute atomic E-state index is 10.5. The smallest absolute Gasteiger partial charge is 0.408 e. The minimum atomic E-state index is -0.594. The summed E-state index contributed by atoms with van der Waals surface area (Å²) in [5.41, 5.74) is 7.70. The zero-order chi connectivity index (χ0) is 24.1. The van der Waals surface area contributed by atoms with Crippen LogP contribution in [0, 0.1) is 0 Å². The number of ether oxygens (including phenoxy) is 1. The Morgan fingerprint density at radius 2 is 2.11 bits per heavy atom. The molecule has 180 valence electrons. The van der Waals surface area contributed by atoms with Gasteiger partial charge in [0.1, 0.15) is 17.9 Å². The number of H-pyrrole nitrogens is 1. The van der Waals surface area contributed by atoms with Crippen LogP contribution in [0.15, 0.2) is 47.0 Å². The van der Waals surface area contributed by atoms with Crippen LogP contribution in [0.5, 0.6) is 0 Å². The number of aryl methyl sites for hydroxylation is 1. The minimum Gasteiger partial charge on any atom is -0.441 e. The number of nitrogens with one attached hydrogen (secondary N) is 2. The molecular formula is C25H29N8O2+. The quantitative estimate of drug-likeness (QED) is 0.427. The van der Waals surface area contributed by atoms with Gasteiger partial charge in [0, 0.05) is 42.7 Å². The number of benzene rings is 1. The van der Waals surface area contributed by atoms with Crippen molar-refractivity contribution in [3.05, 3.63) is 53.3 Å². The van der Waals surface area contributed by atoms with Gasteiger partial charge in [-0.05, 0) is 48.5 Å². The number of hydrogen-bond donors (Lipinski definition) is 3. The number of aliphatic hydroxyl groups excluding tert-OH is 1. The van der Waals surface area contributed by atoms with E-state index in [-0.39, 0.29) is 0 Å². The van der Waals surface area contributed by atoms with Crippen molar-refractivity contribution >= 4 is 28.4 Å². The maximum Gasteiger partial charge on any atom is 0.408 e. The van der Waals surface area contributed by atoms with E-state index < -0.39 is 6.10 Å². The maximum atomic E-state index is 10.5. The molecule has 3 aliphatic rings. The lowest BCUT2D eigenvalue weighted by atomic mass is 10.0. The molecule has 0 saturated carbocycles. The first-order valence-corrected chi connectivity index (χ1v) is 11.8. The van der Waals surface area contributed by atoms with Crippen molar-refractivity contribution in [2.45, 2.75) is 19.6 Å². The molecule has 3 aliphatic heterocycles. The van der Waals surface area contributed by atoms with E-state index in [1.54, 1.807) is 4.68 Å². The van der Waals surface area contributed by atoms with Gasteiger partial charge in [0.05, 0.1) is 29.6 Å². The van der Waals surface area contributed by atoms with Gasteiger partial charge in [-0.15, -0.1) is 0 Å². The fourth-order valence-corrected chi connectivity index (χ4v) is 4.85. The fraction of sp³-hybridized carbons (Fsp3) is 0.360. The van der Waals surface area contributed by atoms with Crippen LogP contribution in [0.25, 0.3) is 28.1 Å². The SMILES string of the molecule is CC1=N/[N+](=C2\CNC[C@@H]2O)C2=C1/C=C/c1[nH]nc3ccc(cc13)-c1cnn(C)c1CN(C)CCO2. The van der Waals surface area contributed by atoms with E-state index in [0.29, 0.717) is 25.6 Å². The normalized spacial score (nSPS) is 24.2. The predicted molar refractivity (Wildman–Crippen MR) is 134 cm³/mol. The molecular weight excluding hydrogens is 444 g/mol. The average molecular weight is 474 g/mol. The van der Waals surface area contributed by atoms with Crippen molar-refractivity contribution in [2.75, 3.05) is 33.3 Å². The third-order valence-electron chi connectivity index (χ3n) is 6.87. The summed E-state index contributed by atoms with van der Waals surface area (Å²) < 4.78 is 10.0. The van der Waals surface area contributed by atoms with Crippen molar-refractivity contribution in [2.24, 2.45) is 12.1 Å². The zero-order valence-corrected chi connectivity index (χ0v) is 20.1. The molecule has 2 bridgehead atoms. The number of β-amino-alcohol motifs (C(OH)–C–C–N with tert-alkyl or cyclic N) is 1. The van der Waals surface area contributed by atoms with E-state index in [1.165, 1.54) is 0 Å². The largest absolute Gasteiger partial charge is 0.441 e. The fourth-order valence-electron chi connectivity index (χ4n) is 4.85. The number of hydrazone groups is 1. The van der Waals surface area contributed by atoms with E-state index in [4.69, 9.17) is 9.84 Å². The number of nitrogens with zero attached hydrogens (tertiary/aromatic N) is 6. The Labute approximate surface area is 202 Å². The summed E-state index contributed by atoms with van der Waals surface area (Å²) in [5.74, 6) is 0.644. The summed E-state index contributed by atoms with van der Waals surface area (Å²) in [6.45, 7) is 4.97. The van der Waals surface area contributed by atoms with E-state index in [1.807, 2.05) is 43.1 Å². The molecule has 0 spiro atoms. The predicted octanol–water partition coefficient (Wildman–Crippen LogP) is 1.46. The second-order valence-electron chi connectivity index (χ2n) is 9.27. The van der Waals surface area contributed by atoms with Crippen LogP contribution >= 0.6 is 0 Å². The number of aliphatic hydroxyl groups is 1. The van der Waals surface area contributed by atoms with Gasteiger partial charge in [0.2, 0.25) is 5.71 Å². The van der Waals surface area contributed by atoms with Crippen LogP contribution in [0.1, 0.15) is 18.3 Å². The highest BCUT2D eigenvalue weighted by atomic mass is 16.5. The number of likely N-dealkylation sites (N-methyl/N-ethyl adjacent to an activating group) is 1. The number of allylic oxidation sites excluding steroid dienone is 2. The summed E-state index contributed by atoms with van der Waals surface area (Å²) in [5, 5.41) is 31.7. The molecule has 1 aromatic carbocycles. The second-order valence-corrected chi connectivity index (χ2v) is 9.27. The first kappa shape index (κ1) is 21.9. The lowest BCUT2D eigenvalue weighted by Gasteiger charge is -2.18. The number of aromatic amines is 1. The average Bonchev–Trinajstić information content (AvgIpc) is 3.60. The summed E-state index contributed by atoms with van der Waals surface area (Å²) in [6.07, 6.45) is 5.37. The zero-order valence-electron chi connectivity index (χ0n) is 20.1. The third-order valence-corrected chi connectivity index (χ3v) is 6.87. The van der Waals surface area contributed by atoms with Gasteiger partial charge in [-0.3, -0.25) is 14.7 Å². The van der Waals surface area contributed by atoms with Crippen LogP contribution in [0.3, 0.4) is 0 Å². The first-order valence-electron chi connectivity index (χ1n) is 11.8. The Morgan fingerprint density at radius 3 is 2.94 bits per heavy atom. The van der Waals surface area contributed by atoms with E-state index in [2.05, 4.69) is 44.7 Å². The van der Waals surface area contributed by atoms with Gasteiger partial charge in [-0.1, -0.05) is 6.07 Å². The van der Waals surface area contributed by atoms with Crippen molar-refractivity contribution < 1.29 is 14.5 Å². The summed E-state index contributed by atoms with van der Waals surface area (Å²) >= 11 is 0. The molecule has 0 amide bonds. The Morgan fingerprint density at radius 1 is 1.23 bits per heavy atom. The van der Waals surface area contributed by atoms with Crippen LogP contribution < -0.4 is 5.32 Å². The molecule has 3 N–H and O–H groups in total. The Bertz CT molecular complexity index is 1440. The lowest BCUT2D eigenvalue weighted by Crippen LogP contribution is -2.29. The van der Waals surface area contributed by atoms with Crippen LogP contribution in [-0.2, 0) is 18.3 Å². The lowest BCUT2D eigenvalue weighted by molar-refractivity contribution is -0.514. The van der Waals surface area contributed by atoms with E-state index >= 15 is 0 Å². The van der Waals surface area contributed by atoms with E-state index in [0.717, 1.165) is 63.5 Å². The molecule has 10 heteroatoms. The van der Waals surface area contributed by atoms with Crippen molar-refractivity contribution in [1.29, 1.82) is 0 Å². The van der Waals surface area contributed by atoms with Gasteiger partial charge in [-0.25, -0.2) is 0 Å². The molecule has 5 heterocycles. The van der Waals surface area contributed by atoms with Gasteiger partial charge in [-0.2, -0.15) is 10.2 Å². The highest BCUT2D eigenvalue weighted by Gasteiger charge is 2.38. The van der Waals surface area contributed by atoms with Crippen molar-refractivity contribution in [3.8, 4) is 11.1 Å². The highest BCUT2D eigenvalue weighted by Crippen LogP contribution is 2.30. The number of fused-ring (bicyclic) bond motifs is 3. The van der Waals surface area contributed by atoms with Crippen LogP contribution in [0.4, 0.5) is 0 Å². The Balaban J connectivity index is 1.50. The molecule has 0 unspecified atom stereocenters. The monoisotopic (exact) mass is 473 g/mol. The summed E-state index contributed by atoms with van der Waals surface area (Å²) in [4.78, 5) is 2.23. The highest BCUT2D eigenvalue weighted by molar-refractivity contribution is 6.03. The van der Waals surface area contributed by atoms with Gasteiger partial charge in [0.25, 0.3) is 0 Å². The minimum absolute atomic E-state index is 0.481. The Hall–Kier alpha value is -3.60. The van der Waals surface area contributed by atoms with Gasteiger partial charge >= 0.3 is 5.88 Å². The molecule has 1 saturated heterocycles. The second kappa shape index (κ2) is 8.56. The Kier molecular flexibility index (Phi) is 5.36. The molecule has 35 heavy (non-hydrogen) atoms. The first-order chi connectivity index (χ1) is 17.0.